The number of hydrogen-bond donors (Lipinski definition) is 0. The van der Waals surface area contributed by atoms with E-state index in [1.165, 1.54) is 24.8 Å². The van der Waals surface area contributed by atoms with Crippen molar-refractivity contribution in [1.29, 1.82) is 0 Å². The second-order valence-corrected chi connectivity index (χ2v) is 6.99. The van der Waals surface area contributed by atoms with Crippen molar-refractivity contribution < 1.29 is 4.79 Å². The molecule has 128 valence electrons. The number of amides is 1. The summed E-state index contributed by atoms with van der Waals surface area (Å²) in [6.07, 6.45) is 11.2. The Bertz CT molecular complexity index is 507. The molecule has 0 bridgehead atoms. The zero-order valence-electron chi connectivity index (χ0n) is 14.4. The summed E-state index contributed by atoms with van der Waals surface area (Å²) in [5.41, 5.74) is 1.28. The standard InChI is InChI=1S/C18H30N4O/c1-2-22-15-16(13-19-22)14-20-9-6-10-21(12-11-20)18(23)17-7-4-3-5-8-17/h13,15,17H,2-12,14H2,1H3. The van der Waals surface area contributed by atoms with Gasteiger partial charge in [-0.05, 0) is 26.2 Å². The summed E-state index contributed by atoms with van der Waals surface area (Å²) in [6, 6.07) is 0. The molecule has 1 amide bonds. The lowest BCUT2D eigenvalue weighted by Crippen LogP contribution is -2.39. The van der Waals surface area contributed by atoms with Crippen LogP contribution < -0.4 is 0 Å². The quantitative estimate of drug-likeness (QED) is 0.856. The third kappa shape index (κ3) is 4.34. The molecule has 5 heteroatoms. The van der Waals surface area contributed by atoms with Crippen molar-refractivity contribution in [2.24, 2.45) is 5.92 Å². The van der Waals surface area contributed by atoms with Crippen molar-refractivity contribution >= 4 is 5.91 Å². The minimum atomic E-state index is 0.304. The van der Waals surface area contributed by atoms with Crippen LogP contribution in [-0.4, -0.2) is 51.7 Å². The van der Waals surface area contributed by atoms with Crippen LogP contribution in [0, 0.1) is 5.92 Å². The van der Waals surface area contributed by atoms with E-state index in [-0.39, 0.29) is 0 Å². The largest absolute Gasteiger partial charge is 0.341 e. The maximum atomic E-state index is 12.7. The zero-order chi connectivity index (χ0) is 16.1. The van der Waals surface area contributed by atoms with E-state index in [0.29, 0.717) is 11.8 Å². The first-order valence-electron chi connectivity index (χ1n) is 9.28. The van der Waals surface area contributed by atoms with Crippen LogP contribution in [0.5, 0.6) is 0 Å². The van der Waals surface area contributed by atoms with Gasteiger partial charge in [0.2, 0.25) is 5.91 Å². The first-order chi connectivity index (χ1) is 11.3. The minimum Gasteiger partial charge on any atom is -0.341 e. The monoisotopic (exact) mass is 318 g/mol. The minimum absolute atomic E-state index is 0.304. The van der Waals surface area contributed by atoms with Crippen LogP contribution in [0.15, 0.2) is 12.4 Å². The van der Waals surface area contributed by atoms with Gasteiger partial charge in [0.1, 0.15) is 0 Å². The molecule has 1 saturated carbocycles. The molecule has 2 heterocycles. The first kappa shape index (κ1) is 16.5. The van der Waals surface area contributed by atoms with Crippen molar-refractivity contribution in [3.05, 3.63) is 18.0 Å². The highest BCUT2D eigenvalue weighted by Crippen LogP contribution is 2.25. The van der Waals surface area contributed by atoms with E-state index in [1.54, 1.807) is 0 Å². The number of aryl methyl sites for hydroxylation is 1. The zero-order valence-corrected chi connectivity index (χ0v) is 14.4. The first-order valence-corrected chi connectivity index (χ1v) is 9.28. The third-order valence-electron chi connectivity index (χ3n) is 5.27. The summed E-state index contributed by atoms with van der Waals surface area (Å²) < 4.78 is 1.98. The van der Waals surface area contributed by atoms with Gasteiger partial charge in [0.15, 0.2) is 0 Å². The SMILES string of the molecule is CCn1cc(CN2CCCN(C(=O)C3CCCCC3)CC2)cn1. The van der Waals surface area contributed by atoms with Gasteiger partial charge in [-0.1, -0.05) is 19.3 Å². The second kappa shape index (κ2) is 7.95. The second-order valence-electron chi connectivity index (χ2n) is 6.99. The molecule has 1 aromatic rings. The Kier molecular flexibility index (Phi) is 5.70. The molecule has 0 atom stereocenters. The smallest absolute Gasteiger partial charge is 0.225 e. The maximum absolute atomic E-state index is 12.7. The van der Waals surface area contributed by atoms with E-state index in [9.17, 15) is 4.79 Å². The number of nitrogens with zero attached hydrogens (tertiary/aromatic N) is 4. The Morgan fingerprint density at radius 1 is 1.13 bits per heavy atom. The molecule has 1 aliphatic carbocycles. The van der Waals surface area contributed by atoms with Gasteiger partial charge in [-0.2, -0.15) is 5.10 Å². The van der Waals surface area contributed by atoms with Crippen molar-refractivity contribution in [3.63, 3.8) is 0 Å². The fourth-order valence-electron chi connectivity index (χ4n) is 3.88. The van der Waals surface area contributed by atoms with Crippen molar-refractivity contribution in [3.8, 4) is 0 Å². The summed E-state index contributed by atoms with van der Waals surface area (Å²) in [5, 5.41) is 4.35. The summed E-state index contributed by atoms with van der Waals surface area (Å²) >= 11 is 0. The Balaban J connectivity index is 1.51. The van der Waals surface area contributed by atoms with Crippen LogP contribution in [0.2, 0.25) is 0 Å². The molecule has 2 fully saturated rings. The number of carbonyl (C=O) groups is 1. The molecule has 3 rings (SSSR count). The number of aromatic nitrogens is 2. The lowest BCUT2D eigenvalue weighted by molar-refractivity contribution is -0.136. The maximum Gasteiger partial charge on any atom is 0.225 e. The topological polar surface area (TPSA) is 41.4 Å². The number of carbonyl (C=O) groups excluding carboxylic acids is 1. The Hall–Kier alpha value is -1.36. The lowest BCUT2D eigenvalue weighted by atomic mass is 9.88. The molecule has 2 aliphatic rings. The Morgan fingerprint density at radius 2 is 1.96 bits per heavy atom. The summed E-state index contributed by atoms with van der Waals surface area (Å²) in [7, 11) is 0. The van der Waals surface area contributed by atoms with Crippen LogP contribution in [-0.2, 0) is 17.9 Å². The predicted molar refractivity (Wildman–Crippen MR) is 91.0 cm³/mol. The van der Waals surface area contributed by atoms with E-state index in [2.05, 4.69) is 28.0 Å². The van der Waals surface area contributed by atoms with Gasteiger partial charge < -0.3 is 4.90 Å². The average Bonchev–Trinajstić information content (AvgIpc) is 2.92. The van der Waals surface area contributed by atoms with Crippen LogP contribution >= 0.6 is 0 Å². The van der Waals surface area contributed by atoms with Gasteiger partial charge in [0.25, 0.3) is 0 Å². The lowest BCUT2D eigenvalue weighted by Gasteiger charge is -2.28. The molecule has 1 saturated heterocycles. The Labute approximate surface area is 139 Å². The molecule has 23 heavy (non-hydrogen) atoms. The molecule has 5 nitrogen and oxygen atoms in total. The molecule has 1 aromatic heterocycles. The molecular weight excluding hydrogens is 288 g/mol. The molecule has 0 spiro atoms. The van der Waals surface area contributed by atoms with Crippen LogP contribution in [0.25, 0.3) is 0 Å². The molecule has 0 aromatic carbocycles. The fraction of sp³-hybridized carbons (Fsp3) is 0.778. The van der Waals surface area contributed by atoms with Crippen LogP contribution in [0.3, 0.4) is 0 Å². The molecular formula is C18H30N4O. The molecule has 1 aliphatic heterocycles. The summed E-state index contributed by atoms with van der Waals surface area (Å²) in [6.45, 7) is 7.85. The van der Waals surface area contributed by atoms with Gasteiger partial charge in [-0.15, -0.1) is 0 Å². The van der Waals surface area contributed by atoms with Gasteiger partial charge in [0.05, 0.1) is 6.20 Å². The van der Waals surface area contributed by atoms with Gasteiger partial charge in [-0.3, -0.25) is 14.4 Å². The van der Waals surface area contributed by atoms with Crippen LogP contribution in [0.1, 0.15) is 51.0 Å². The van der Waals surface area contributed by atoms with Crippen LogP contribution in [0.4, 0.5) is 0 Å². The van der Waals surface area contributed by atoms with E-state index >= 15 is 0 Å². The van der Waals surface area contributed by atoms with E-state index in [0.717, 1.165) is 58.5 Å². The average molecular weight is 318 g/mol. The molecule has 0 radical (unpaired) electrons. The molecule has 0 unspecified atom stereocenters. The van der Waals surface area contributed by atoms with E-state index in [4.69, 9.17) is 0 Å². The number of hydrogen-bond acceptors (Lipinski definition) is 3. The van der Waals surface area contributed by atoms with E-state index < -0.39 is 0 Å². The third-order valence-corrected chi connectivity index (χ3v) is 5.27. The Morgan fingerprint density at radius 3 is 2.70 bits per heavy atom. The highest BCUT2D eigenvalue weighted by Gasteiger charge is 2.27. The fourth-order valence-corrected chi connectivity index (χ4v) is 3.88. The summed E-state index contributed by atoms with van der Waals surface area (Å²) in [4.78, 5) is 17.3. The number of rotatable bonds is 4. The van der Waals surface area contributed by atoms with E-state index in [1.807, 2.05) is 10.9 Å². The normalized spacial score (nSPS) is 21.3. The predicted octanol–water partition coefficient (Wildman–Crippen LogP) is 2.52. The van der Waals surface area contributed by atoms with Crippen molar-refractivity contribution in [1.82, 2.24) is 19.6 Å². The molecule has 0 N–H and O–H groups in total. The summed E-state index contributed by atoms with van der Waals surface area (Å²) in [5.74, 6) is 0.725. The van der Waals surface area contributed by atoms with Crippen molar-refractivity contribution in [2.45, 2.75) is 58.5 Å². The highest BCUT2D eigenvalue weighted by molar-refractivity contribution is 5.79. The van der Waals surface area contributed by atoms with Gasteiger partial charge in [-0.25, -0.2) is 0 Å². The van der Waals surface area contributed by atoms with Gasteiger partial charge in [0, 0.05) is 56.9 Å². The van der Waals surface area contributed by atoms with Crippen molar-refractivity contribution in [2.75, 3.05) is 26.2 Å². The van der Waals surface area contributed by atoms with Gasteiger partial charge >= 0.3 is 0 Å². The highest BCUT2D eigenvalue weighted by atomic mass is 16.2.